The van der Waals surface area contributed by atoms with E-state index >= 15 is 0 Å². The monoisotopic (exact) mass is 364 g/mol. The Bertz CT molecular complexity index is 1030. The zero-order valence-electron chi connectivity index (χ0n) is 14.2. The van der Waals surface area contributed by atoms with Crippen LogP contribution in [0.15, 0.2) is 67.0 Å². The van der Waals surface area contributed by atoms with Crippen molar-refractivity contribution in [2.75, 3.05) is 11.9 Å². The second-order valence-electron chi connectivity index (χ2n) is 5.68. The lowest BCUT2D eigenvalue weighted by Gasteiger charge is -2.15. The Morgan fingerprint density at radius 3 is 2.58 bits per heavy atom. The number of hydrogen-bond donors (Lipinski definition) is 1. The van der Waals surface area contributed by atoms with Gasteiger partial charge in [-0.1, -0.05) is 41.9 Å². The van der Waals surface area contributed by atoms with Crippen LogP contribution >= 0.6 is 11.6 Å². The number of rotatable bonds is 5. The molecule has 2 aromatic heterocycles. The quantitative estimate of drug-likeness (QED) is 0.529. The number of benzene rings is 2. The summed E-state index contributed by atoms with van der Waals surface area (Å²) in [6.07, 6.45) is 3.48. The van der Waals surface area contributed by atoms with Gasteiger partial charge in [0.05, 0.1) is 12.3 Å². The van der Waals surface area contributed by atoms with Crippen molar-refractivity contribution in [1.82, 2.24) is 14.6 Å². The molecular weight excluding hydrogens is 348 g/mol. The molecule has 0 saturated heterocycles. The molecule has 130 valence electrons. The second kappa shape index (κ2) is 7.06. The highest BCUT2D eigenvalue weighted by atomic mass is 35.5. The number of imidazole rings is 1. The number of anilines is 2. The van der Waals surface area contributed by atoms with E-state index in [0.717, 1.165) is 28.3 Å². The lowest BCUT2D eigenvalue weighted by atomic mass is 10.1. The minimum atomic E-state index is 0.412. The Kier molecular flexibility index (Phi) is 4.46. The van der Waals surface area contributed by atoms with Gasteiger partial charge in [-0.05, 0) is 36.8 Å². The van der Waals surface area contributed by atoms with Crippen molar-refractivity contribution >= 4 is 28.6 Å². The Hall–Kier alpha value is -3.05. The largest absolute Gasteiger partial charge is 0.494 e. The number of halogens is 1. The maximum absolute atomic E-state index is 6.51. The molecule has 0 bridgehead atoms. The maximum Gasteiger partial charge on any atom is 0.178 e. The van der Waals surface area contributed by atoms with Crippen LogP contribution < -0.4 is 10.1 Å². The number of aromatic nitrogens is 3. The third kappa shape index (κ3) is 3.09. The van der Waals surface area contributed by atoms with Crippen molar-refractivity contribution < 1.29 is 4.74 Å². The standard InChI is InChI=1S/C20H17ClN4O/c1-2-26-16-10-8-15(9-11-16)23-18-17(14-6-4-3-5-7-14)19(21)24-25-13-12-22-20(18)25/h3-13,23H,2H2,1H3. The lowest BCUT2D eigenvalue weighted by molar-refractivity contribution is 0.340. The second-order valence-corrected chi connectivity index (χ2v) is 6.04. The third-order valence-corrected chi connectivity index (χ3v) is 4.26. The Morgan fingerprint density at radius 2 is 1.85 bits per heavy atom. The highest BCUT2D eigenvalue weighted by Crippen LogP contribution is 2.37. The van der Waals surface area contributed by atoms with Gasteiger partial charge in [0, 0.05) is 23.6 Å². The van der Waals surface area contributed by atoms with Crippen LogP contribution in [0.2, 0.25) is 5.15 Å². The van der Waals surface area contributed by atoms with Gasteiger partial charge in [0.25, 0.3) is 0 Å². The maximum atomic E-state index is 6.51. The van der Waals surface area contributed by atoms with Crippen molar-refractivity contribution in [3.8, 4) is 16.9 Å². The number of fused-ring (bicyclic) bond motifs is 1. The van der Waals surface area contributed by atoms with E-state index in [9.17, 15) is 0 Å². The minimum Gasteiger partial charge on any atom is -0.494 e. The summed E-state index contributed by atoms with van der Waals surface area (Å²) in [7, 11) is 0. The Labute approximate surface area is 156 Å². The first kappa shape index (κ1) is 16.4. The first-order chi connectivity index (χ1) is 12.8. The molecule has 2 aromatic carbocycles. The fourth-order valence-electron chi connectivity index (χ4n) is 2.85. The molecule has 0 aliphatic rings. The summed E-state index contributed by atoms with van der Waals surface area (Å²) >= 11 is 6.51. The summed E-state index contributed by atoms with van der Waals surface area (Å²) < 4.78 is 7.18. The highest BCUT2D eigenvalue weighted by molar-refractivity contribution is 6.33. The molecule has 1 N–H and O–H groups in total. The molecule has 0 saturated carbocycles. The van der Waals surface area contributed by atoms with Crippen LogP contribution in [0.5, 0.6) is 5.75 Å². The molecule has 0 radical (unpaired) electrons. The van der Waals surface area contributed by atoms with Gasteiger partial charge >= 0.3 is 0 Å². The number of nitrogens with zero attached hydrogens (tertiary/aromatic N) is 3. The van der Waals surface area contributed by atoms with Crippen molar-refractivity contribution in [2.24, 2.45) is 0 Å². The molecule has 0 aliphatic carbocycles. The van der Waals surface area contributed by atoms with E-state index in [0.29, 0.717) is 17.4 Å². The van der Waals surface area contributed by atoms with E-state index in [4.69, 9.17) is 16.3 Å². The van der Waals surface area contributed by atoms with Crippen LogP contribution in [0.25, 0.3) is 16.8 Å². The predicted octanol–water partition coefficient (Wildman–Crippen LogP) is 5.19. The van der Waals surface area contributed by atoms with Gasteiger partial charge in [-0.3, -0.25) is 0 Å². The van der Waals surface area contributed by atoms with Crippen LogP contribution in [-0.2, 0) is 0 Å². The normalized spacial score (nSPS) is 10.8. The third-order valence-electron chi connectivity index (χ3n) is 3.99. The number of hydrogen-bond acceptors (Lipinski definition) is 4. The average molecular weight is 365 g/mol. The molecule has 4 rings (SSSR count). The first-order valence-electron chi connectivity index (χ1n) is 8.34. The number of ether oxygens (including phenoxy) is 1. The smallest absolute Gasteiger partial charge is 0.178 e. The molecule has 0 fully saturated rings. The summed E-state index contributed by atoms with van der Waals surface area (Å²) in [4.78, 5) is 4.44. The van der Waals surface area contributed by atoms with Gasteiger partial charge in [0.2, 0.25) is 0 Å². The first-order valence-corrected chi connectivity index (χ1v) is 8.72. The summed E-state index contributed by atoms with van der Waals surface area (Å²) in [6, 6.07) is 17.7. The zero-order chi connectivity index (χ0) is 17.9. The molecule has 4 aromatic rings. The SMILES string of the molecule is CCOc1ccc(Nc2c(-c3ccccc3)c(Cl)nn3ccnc23)cc1. The van der Waals surface area contributed by atoms with E-state index in [2.05, 4.69) is 15.4 Å². The molecule has 6 heteroatoms. The molecule has 0 spiro atoms. The van der Waals surface area contributed by atoms with Gasteiger partial charge in [-0.15, -0.1) is 0 Å². The molecular formula is C20H17ClN4O. The van der Waals surface area contributed by atoms with Gasteiger partial charge in [0.15, 0.2) is 10.8 Å². The van der Waals surface area contributed by atoms with E-state index < -0.39 is 0 Å². The minimum absolute atomic E-state index is 0.412. The van der Waals surface area contributed by atoms with Crippen molar-refractivity contribution in [3.05, 3.63) is 72.1 Å². The van der Waals surface area contributed by atoms with E-state index in [1.807, 2.05) is 61.5 Å². The van der Waals surface area contributed by atoms with Crippen molar-refractivity contribution in [1.29, 1.82) is 0 Å². The fraction of sp³-hybridized carbons (Fsp3) is 0.100. The fourth-order valence-corrected chi connectivity index (χ4v) is 3.13. The van der Waals surface area contributed by atoms with Crippen molar-refractivity contribution in [3.63, 3.8) is 0 Å². The van der Waals surface area contributed by atoms with Gasteiger partial charge < -0.3 is 10.1 Å². The van der Waals surface area contributed by atoms with E-state index in [-0.39, 0.29) is 0 Å². The topological polar surface area (TPSA) is 51.5 Å². The number of nitrogens with one attached hydrogen (secondary N) is 1. The van der Waals surface area contributed by atoms with Gasteiger partial charge in [0.1, 0.15) is 5.75 Å². The highest BCUT2D eigenvalue weighted by Gasteiger charge is 2.17. The molecule has 0 unspecified atom stereocenters. The molecule has 0 amide bonds. The van der Waals surface area contributed by atoms with Crippen LogP contribution in [0, 0.1) is 0 Å². The van der Waals surface area contributed by atoms with E-state index in [1.165, 1.54) is 0 Å². The van der Waals surface area contributed by atoms with Gasteiger partial charge in [-0.2, -0.15) is 5.10 Å². The zero-order valence-corrected chi connectivity index (χ0v) is 14.9. The van der Waals surface area contributed by atoms with Crippen LogP contribution in [0.3, 0.4) is 0 Å². The molecule has 0 aliphatic heterocycles. The lowest BCUT2D eigenvalue weighted by Crippen LogP contribution is -2.02. The average Bonchev–Trinajstić information content (AvgIpc) is 3.12. The van der Waals surface area contributed by atoms with E-state index in [1.54, 1.807) is 16.9 Å². The van der Waals surface area contributed by atoms with Crippen LogP contribution in [-0.4, -0.2) is 21.2 Å². The molecule has 5 nitrogen and oxygen atoms in total. The van der Waals surface area contributed by atoms with Crippen molar-refractivity contribution in [2.45, 2.75) is 6.92 Å². The Morgan fingerprint density at radius 1 is 1.08 bits per heavy atom. The summed E-state index contributed by atoms with van der Waals surface area (Å²) in [5.74, 6) is 0.833. The van der Waals surface area contributed by atoms with Gasteiger partial charge in [-0.25, -0.2) is 9.50 Å². The summed E-state index contributed by atoms with van der Waals surface area (Å²) in [5.41, 5.74) is 4.23. The van der Waals surface area contributed by atoms with Crippen LogP contribution in [0.4, 0.5) is 11.4 Å². The van der Waals surface area contributed by atoms with Crippen LogP contribution in [0.1, 0.15) is 6.92 Å². The molecule has 0 atom stereocenters. The summed E-state index contributed by atoms with van der Waals surface area (Å²) in [5, 5.41) is 8.27. The predicted molar refractivity (Wildman–Crippen MR) is 104 cm³/mol. The Balaban J connectivity index is 1.83. The molecule has 2 heterocycles. The summed E-state index contributed by atoms with van der Waals surface area (Å²) in [6.45, 7) is 2.60. The molecule has 26 heavy (non-hydrogen) atoms.